The Morgan fingerprint density at radius 3 is 2.75 bits per heavy atom. The Kier molecular flexibility index (Phi) is 7.37. The molecule has 3 aromatic rings. The molecule has 1 saturated heterocycles. The quantitative estimate of drug-likeness (QED) is 0.401. The van der Waals surface area contributed by atoms with Gasteiger partial charge in [0.15, 0.2) is 0 Å². The number of nitrogens with one attached hydrogen (secondary N) is 2. The SMILES string of the molecule is C/C=C\C(=O)Nc1cccc(Sc2ccnc(Nc3cccc(N4CCOCC4)c3)n2)c1. The van der Waals surface area contributed by atoms with E-state index < -0.39 is 0 Å². The molecule has 164 valence electrons. The molecule has 8 heteroatoms. The monoisotopic (exact) mass is 447 g/mol. The molecule has 0 unspecified atom stereocenters. The predicted molar refractivity (Wildman–Crippen MR) is 129 cm³/mol. The summed E-state index contributed by atoms with van der Waals surface area (Å²) in [6.45, 7) is 5.09. The largest absolute Gasteiger partial charge is 0.378 e. The van der Waals surface area contributed by atoms with Gasteiger partial charge in [-0.2, -0.15) is 0 Å². The first kappa shape index (κ1) is 21.9. The molecule has 1 aliphatic rings. The Morgan fingerprint density at radius 2 is 1.91 bits per heavy atom. The number of allylic oxidation sites excluding steroid dienone is 1. The van der Waals surface area contributed by atoms with E-state index in [1.807, 2.05) is 49.4 Å². The highest BCUT2D eigenvalue weighted by molar-refractivity contribution is 7.99. The minimum Gasteiger partial charge on any atom is -0.378 e. The maximum absolute atomic E-state index is 11.8. The fourth-order valence-electron chi connectivity index (χ4n) is 3.28. The van der Waals surface area contributed by atoms with Crippen molar-refractivity contribution in [2.24, 2.45) is 0 Å². The average Bonchev–Trinajstić information content (AvgIpc) is 2.80. The summed E-state index contributed by atoms with van der Waals surface area (Å²) in [6, 6.07) is 17.8. The predicted octanol–water partition coefficient (Wildman–Crippen LogP) is 4.72. The van der Waals surface area contributed by atoms with Gasteiger partial charge in [0, 0.05) is 41.2 Å². The second-order valence-corrected chi connectivity index (χ2v) is 8.21. The zero-order valence-corrected chi connectivity index (χ0v) is 18.6. The smallest absolute Gasteiger partial charge is 0.248 e. The highest BCUT2D eigenvalue weighted by Gasteiger charge is 2.12. The lowest BCUT2D eigenvalue weighted by molar-refractivity contribution is -0.111. The van der Waals surface area contributed by atoms with Gasteiger partial charge in [-0.3, -0.25) is 4.79 Å². The van der Waals surface area contributed by atoms with Crippen molar-refractivity contribution in [1.82, 2.24) is 9.97 Å². The summed E-state index contributed by atoms with van der Waals surface area (Å²) in [4.78, 5) is 24.1. The second-order valence-electron chi connectivity index (χ2n) is 7.11. The molecule has 0 aliphatic carbocycles. The second kappa shape index (κ2) is 10.8. The van der Waals surface area contributed by atoms with E-state index in [1.54, 1.807) is 12.3 Å². The molecule has 2 heterocycles. The number of carbonyl (C=O) groups is 1. The van der Waals surface area contributed by atoms with Gasteiger partial charge in [-0.1, -0.05) is 30.0 Å². The number of rotatable bonds is 7. The highest BCUT2D eigenvalue weighted by atomic mass is 32.2. The lowest BCUT2D eigenvalue weighted by Crippen LogP contribution is -2.36. The van der Waals surface area contributed by atoms with Crippen LogP contribution in [0.3, 0.4) is 0 Å². The molecular formula is C24H25N5O2S. The minimum absolute atomic E-state index is 0.150. The lowest BCUT2D eigenvalue weighted by Gasteiger charge is -2.29. The van der Waals surface area contributed by atoms with Crippen LogP contribution >= 0.6 is 11.8 Å². The molecule has 4 rings (SSSR count). The van der Waals surface area contributed by atoms with Crippen molar-refractivity contribution in [1.29, 1.82) is 0 Å². The number of nitrogens with zero attached hydrogens (tertiary/aromatic N) is 3. The fraction of sp³-hybridized carbons (Fsp3) is 0.208. The van der Waals surface area contributed by atoms with Crippen LogP contribution in [0, 0.1) is 0 Å². The van der Waals surface area contributed by atoms with Crippen molar-refractivity contribution < 1.29 is 9.53 Å². The average molecular weight is 448 g/mol. The van der Waals surface area contributed by atoms with E-state index in [1.165, 1.54) is 17.8 Å². The summed E-state index contributed by atoms with van der Waals surface area (Å²) in [5.74, 6) is 0.383. The first-order valence-corrected chi connectivity index (χ1v) is 11.3. The van der Waals surface area contributed by atoms with Crippen LogP contribution in [0.2, 0.25) is 0 Å². The first-order valence-electron chi connectivity index (χ1n) is 10.4. The van der Waals surface area contributed by atoms with Crippen molar-refractivity contribution in [3.05, 3.63) is 72.9 Å². The van der Waals surface area contributed by atoms with Crippen LogP contribution < -0.4 is 15.5 Å². The van der Waals surface area contributed by atoms with E-state index in [4.69, 9.17) is 4.74 Å². The molecule has 32 heavy (non-hydrogen) atoms. The summed E-state index contributed by atoms with van der Waals surface area (Å²) < 4.78 is 5.44. The number of hydrogen-bond donors (Lipinski definition) is 2. The van der Waals surface area contributed by atoms with Gasteiger partial charge in [-0.15, -0.1) is 0 Å². The van der Waals surface area contributed by atoms with Crippen LogP contribution in [0.4, 0.5) is 23.0 Å². The van der Waals surface area contributed by atoms with Gasteiger partial charge in [0.2, 0.25) is 11.9 Å². The van der Waals surface area contributed by atoms with E-state index in [0.717, 1.165) is 53.3 Å². The van der Waals surface area contributed by atoms with Gasteiger partial charge in [-0.05, 0) is 55.5 Å². The molecule has 7 nitrogen and oxygen atoms in total. The molecule has 0 radical (unpaired) electrons. The third kappa shape index (κ3) is 6.09. The van der Waals surface area contributed by atoms with E-state index in [9.17, 15) is 4.79 Å². The van der Waals surface area contributed by atoms with E-state index >= 15 is 0 Å². The maximum atomic E-state index is 11.8. The van der Waals surface area contributed by atoms with E-state index in [0.29, 0.717) is 5.95 Å². The van der Waals surface area contributed by atoms with Crippen molar-refractivity contribution in [2.45, 2.75) is 16.8 Å². The standard InChI is InChI=1S/C24H25N5O2S/c1-2-5-22(30)26-19-7-4-9-21(17-19)32-23-10-11-25-24(28-23)27-18-6-3-8-20(16-18)29-12-14-31-15-13-29/h2-11,16-17H,12-15H2,1H3,(H,26,30)(H,25,27,28)/b5-2-. The Balaban J connectivity index is 1.44. The molecule has 1 aliphatic heterocycles. The molecule has 1 amide bonds. The number of amides is 1. The summed E-state index contributed by atoms with van der Waals surface area (Å²) >= 11 is 1.51. The van der Waals surface area contributed by atoms with Crippen molar-refractivity contribution in [3.8, 4) is 0 Å². The van der Waals surface area contributed by atoms with Gasteiger partial charge in [0.05, 0.1) is 13.2 Å². The Morgan fingerprint density at radius 1 is 1.09 bits per heavy atom. The summed E-state index contributed by atoms with van der Waals surface area (Å²) in [5, 5.41) is 6.96. The Labute approximate surface area is 191 Å². The van der Waals surface area contributed by atoms with Gasteiger partial charge in [-0.25, -0.2) is 9.97 Å². The number of morpholine rings is 1. The van der Waals surface area contributed by atoms with Crippen LogP contribution in [0.5, 0.6) is 0 Å². The molecule has 1 aromatic heterocycles. The Hall–Kier alpha value is -3.36. The number of hydrogen-bond acceptors (Lipinski definition) is 7. The van der Waals surface area contributed by atoms with Crippen molar-refractivity contribution in [3.63, 3.8) is 0 Å². The fourth-order valence-corrected chi connectivity index (χ4v) is 4.12. The molecule has 0 atom stereocenters. The number of ether oxygens (including phenoxy) is 1. The van der Waals surface area contributed by atoms with E-state index in [2.05, 4.69) is 37.6 Å². The summed E-state index contributed by atoms with van der Waals surface area (Å²) in [7, 11) is 0. The first-order chi connectivity index (χ1) is 15.7. The molecule has 0 spiro atoms. The summed E-state index contributed by atoms with van der Waals surface area (Å²) in [5.41, 5.74) is 2.83. The number of anilines is 4. The zero-order valence-electron chi connectivity index (χ0n) is 17.8. The topological polar surface area (TPSA) is 79.4 Å². The molecule has 2 N–H and O–H groups in total. The third-order valence-electron chi connectivity index (χ3n) is 4.75. The van der Waals surface area contributed by atoms with Crippen LogP contribution in [-0.2, 0) is 9.53 Å². The molecule has 0 saturated carbocycles. The molecular weight excluding hydrogens is 422 g/mol. The third-order valence-corrected chi connectivity index (χ3v) is 5.68. The number of carbonyl (C=O) groups excluding carboxylic acids is 1. The zero-order chi connectivity index (χ0) is 22.2. The van der Waals surface area contributed by atoms with Gasteiger partial charge in [0.1, 0.15) is 5.03 Å². The van der Waals surface area contributed by atoms with E-state index in [-0.39, 0.29) is 5.91 Å². The van der Waals surface area contributed by atoms with Gasteiger partial charge < -0.3 is 20.3 Å². The van der Waals surface area contributed by atoms with Crippen LogP contribution in [0.15, 0.2) is 82.9 Å². The van der Waals surface area contributed by atoms with Crippen molar-refractivity contribution >= 4 is 40.7 Å². The minimum atomic E-state index is -0.150. The lowest BCUT2D eigenvalue weighted by atomic mass is 10.2. The van der Waals surface area contributed by atoms with Gasteiger partial charge in [0.25, 0.3) is 0 Å². The highest BCUT2D eigenvalue weighted by Crippen LogP contribution is 2.29. The van der Waals surface area contributed by atoms with Crippen LogP contribution in [-0.4, -0.2) is 42.2 Å². The van der Waals surface area contributed by atoms with Gasteiger partial charge >= 0.3 is 0 Å². The maximum Gasteiger partial charge on any atom is 0.248 e. The molecule has 2 aromatic carbocycles. The summed E-state index contributed by atoms with van der Waals surface area (Å²) in [6.07, 6.45) is 4.94. The van der Waals surface area contributed by atoms with Crippen LogP contribution in [0.1, 0.15) is 6.92 Å². The molecule has 1 fully saturated rings. The Bertz CT molecular complexity index is 1100. The van der Waals surface area contributed by atoms with Crippen molar-refractivity contribution in [2.75, 3.05) is 41.8 Å². The number of aromatic nitrogens is 2. The van der Waals surface area contributed by atoms with Crippen LogP contribution in [0.25, 0.3) is 0 Å². The number of benzene rings is 2. The normalized spacial score (nSPS) is 13.8. The molecule has 0 bridgehead atoms.